The topological polar surface area (TPSA) is 82.0 Å². The number of aryl methyl sites for hydroxylation is 3. The molecule has 0 bridgehead atoms. The zero-order valence-corrected chi connectivity index (χ0v) is 14.7. The van der Waals surface area contributed by atoms with Crippen LogP contribution < -0.4 is 0 Å². The molecule has 7 heteroatoms. The molecule has 0 atom stereocenters. The zero-order valence-electron chi connectivity index (χ0n) is 14.7. The molecule has 0 aliphatic rings. The summed E-state index contributed by atoms with van der Waals surface area (Å²) in [6.45, 7) is 1.85. The lowest BCUT2D eigenvalue weighted by molar-refractivity contribution is 0.399. The van der Waals surface area contributed by atoms with E-state index in [2.05, 4.69) is 32.6 Å². The van der Waals surface area contributed by atoms with Gasteiger partial charge in [-0.25, -0.2) is 4.98 Å². The summed E-state index contributed by atoms with van der Waals surface area (Å²) in [6, 6.07) is 14.0. The number of aromatic nitrogens is 6. The van der Waals surface area contributed by atoms with Crippen molar-refractivity contribution in [1.29, 1.82) is 0 Å². The Morgan fingerprint density at radius 3 is 2.81 bits per heavy atom. The first-order valence-corrected chi connectivity index (χ1v) is 8.75. The Bertz CT molecular complexity index is 1240. The standard InChI is InChI=1S/C20H16N6O/c1-13-11-17(24-27-13)19-20-22-16(9-8-14-5-4-10-21-12-14)15-6-2-3-7-18(15)26(20)25-23-19/h2-7,10-12H,8-9H2,1H3. The van der Waals surface area contributed by atoms with Crippen molar-refractivity contribution in [2.75, 3.05) is 0 Å². The van der Waals surface area contributed by atoms with E-state index in [1.54, 1.807) is 10.7 Å². The predicted molar refractivity (Wildman–Crippen MR) is 100 cm³/mol. The van der Waals surface area contributed by atoms with E-state index in [9.17, 15) is 0 Å². The van der Waals surface area contributed by atoms with Gasteiger partial charge in [-0.05, 0) is 37.5 Å². The van der Waals surface area contributed by atoms with Gasteiger partial charge in [0, 0.05) is 23.8 Å². The average Bonchev–Trinajstić information content (AvgIpc) is 3.33. The molecule has 0 saturated heterocycles. The van der Waals surface area contributed by atoms with Gasteiger partial charge in [-0.2, -0.15) is 4.52 Å². The fourth-order valence-electron chi connectivity index (χ4n) is 3.27. The SMILES string of the molecule is Cc1cc(-c2nnn3c2nc(CCc2cccnc2)c2ccccc23)no1. The maximum absolute atomic E-state index is 5.20. The molecular formula is C20H16N6O. The van der Waals surface area contributed by atoms with Crippen molar-refractivity contribution in [3.8, 4) is 11.4 Å². The van der Waals surface area contributed by atoms with Gasteiger partial charge in [0.25, 0.3) is 0 Å². The molecule has 0 unspecified atom stereocenters. The smallest absolute Gasteiger partial charge is 0.186 e. The van der Waals surface area contributed by atoms with Crippen molar-refractivity contribution in [3.05, 3.63) is 71.9 Å². The third-order valence-electron chi connectivity index (χ3n) is 4.57. The highest BCUT2D eigenvalue weighted by Crippen LogP contribution is 2.26. The van der Waals surface area contributed by atoms with Gasteiger partial charge < -0.3 is 4.52 Å². The fourth-order valence-corrected chi connectivity index (χ4v) is 3.27. The first-order valence-electron chi connectivity index (χ1n) is 8.75. The van der Waals surface area contributed by atoms with Crippen molar-refractivity contribution in [3.63, 3.8) is 0 Å². The van der Waals surface area contributed by atoms with Crippen LogP contribution in [0.15, 0.2) is 59.4 Å². The van der Waals surface area contributed by atoms with E-state index in [0.29, 0.717) is 17.0 Å². The first kappa shape index (κ1) is 15.6. The molecule has 0 saturated carbocycles. The summed E-state index contributed by atoms with van der Waals surface area (Å²) in [5.74, 6) is 0.726. The molecule has 0 aliphatic carbocycles. The van der Waals surface area contributed by atoms with Gasteiger partial charge in [0.05, 0.1) is 11.2 Å². The lowest BCUT2D eigenvalue weighted by Gasteiger charge is -2.08. The van der Waals surface area contributed by atoms with Gasteiger partial charge in [0.15, 0.2) is 11.3 Å². The summed E-state index contributed by atoms with van der Waals surface area (Å²) in [7, 11) is 0. The van der Waals surface area contributed by atoms with Crippen LogP contribution in [0.25, 0.3) is 27.9 Å². The Kier molecular flexibility index (Phi) is 3.64. The number of hydrogen-bond donors (Lipinski definition) is 0. The summed E-state index contributed by atoms with van der Waals surface area (Å²) >= 11 is 0. The van der Waals surface area contributed by atoms with Crippen LogP contribution in [-0.2, 0) is 12.8 Å². The van der Waals surface area contributed by atoms with Crippen LogP contribution in [-0.4, -0.2) is 30.0 Å². The summed E-state index contributed by atoms with van der Waals surface area (Å²) in [5, 5.41) is 13.8. The van der Waals surface area contributed by atoms with Crippen molar-refractivity contribution >= 4 is 16.6 Å². The highest BCUT2D eigenvalue weighted by Gasteiger charge is 2.18. The van der Waals surface area contributed by atoms with E-state index in [4.69, 9.17) is 9.51 Å². The van der Waals surface area contributed by atoms with Crippen LogP contribution in [0.3, 0.4) is 0 Å². The third kappa shape index (κ3) is 2.73. The molecule has 7 nitrogen and oxygen atoms in total. The minimum absolute atomic E-state index is 0.625. The van der Waals surface area contributed by atoms with Crippen LogP contribution in [0.1, 0.15) is 17.0 Å². The number of fused-ring (bicyclic) bond motifs is 3. The minimum Gasteiger partial charge on any atom is -0.361 e. The van der Waals surface area contributed by atoms with Crippen molar-refractivity contribution < 1.29 is 4.52 Å². The fraction of sp³-hybridized carbons (Fsp3) is 0.150. The van der Waals surface area contributed by atoms with Gasteiger partial charge in [0.2, 0.25) is 0 Å². The predicted octanol–water partition coefficient (Wildman–Crippen LogP) is 3.42. The molecule has 4 aromatic heterocycles. The second-order valence-electron chi connectivity index (χ2n) is 6.43. The van der Waals surface area contributed by atoms with E-state index in [1.807, 2.05) is 43.5 Å². The molecule has 1 aromatic carbocycles. The quantitative estimate of drug-likeness (QED) is 0.491. The summed E-state index contributed by atoms with van der Waals surface area (Å²) in [4.78, 5) is 9.09. The van der Waals surface area contributed by atoms with E-state index >= 15 is 0 Å². The maximum Gasteiger partial charge on any atom is 0.186 e. The van der Waals surface area contributed by atoms with Crippen molar-refractivity contribution in [2.45, 2.75) is 19.8 Å². The van der Waals surface area contributed by atoms with E-state index < -0.39 is 0 Å². The molecular weight excluding hydrogens is 340 g/mol. The zero-order chi connectivity index (χ0) is 18.2. The Balaban J connectivity index is 1.66. The van der Waals surface area contributed by atoms with E-state index in [-0.39, 0.29) is 0 Å². The lowest BCUT2D eigenvalue weighted by Crippen LogP contribution is -2.02. The second-order valence-corrected chi connectivity index (χ2v) is 6.43. The van der Waals surface area contributed by atoms with Crippen LogP contribution in [0, 0.1) is 6.92 Å². The van der Waals surface area contributed by atoms with E-state index in [0.717, 1.165) is 35.2 Å². The summed E-state index contributed by atoms with van der Waals surface area (Å²) in [6.07, 6.45) is 5.34. The molecule has 0 spiro atoms. The Hall–Kier alpha value is -3.61. The molecule has 0 amide bonds. The maximum atomic E-state index is 5.20. The Labute approximate surface area is 154 Å². The van der Waals surface area contributed by atoms with Crippen molar-refractivity contribution in [1.82, 2.24) is 30.0 Å². The molecule has 0 fully saturated rings. The molecule has 5 aromatic rings. The number of benzene rings is 1. The highest BCUT2D eigenvalue weighted by atomic mass is 16.5. The van der Waals surface area contributed by atoms with Gasteiger partial charge >= 0.3 is 0 Å². The van der Waals surface area contributed by atoms with Gasteiger partial charge in [0.1, 0.15) is 11.5 Å². The average molecular weight is 356 g/mol. The Morgan fingerprint density at radius 1 is 1.07 bits per heavy atom. The van der Waals surface area contributed by atoms with Gasteiger partial charge in [-0.3, -0.25) is 4.98 Å². The number of nitrogens with zero attached hydrogens (tertiary/aromatic N) is 6. The van der Waals surface area contributed by atoms with Crippen LogP contribution in [0.5, 0.6) is 0 Å². The van der Waals surface area contributed by atoms with Crippen LogP contribution in [0.2, 0.25) is 0 Å². The second kappa shape index (κ2) is 6.28. The molecule has 0 radical (unpaired) electrons. The summed E-state index contributed by atoms with van der Waals surface area (Å²) < 4.78 is 6.96. The number of pyridine rings is 1. The van der Waals surface area contributed by atoms with Gasteiger partial charge in [-0.1, -0.05) is 34.6 Å². The van der Waals surface area contributed by atoms with Crippen LogP contribution in [0.4, 0.5) is 0 Å². The third-order valence-corrected chi connectivity index (χ3v) is 4.57. The largest absolute Gasteiger partial charge is 0.361 e. The molecule has 27 heavy (non-hydrogen) atoms. The number of hydrogen-bond acceptors (Lipinski definition) is 6. The van der Waals surface area contributed by atoms with Gasteiger partial charge in [-0.15, -0.1) is 5.10 Å². The molecule has 5 rings (SSSR count). The van der Waals surface area contributed by atoms with Crippen molar-refractivity contribution in [2.24, 2.45) is 0 Å². The molecule has 0 aliphatic heterocycles. The molecule has 132 valence electrons. The monoisotopic (exact) mass is 356 g/mol. The molecule has 0 N–H and O–H groups in total. The van der Waals surface area contributed by atoms with Crippen LogP contribution >= 0.6 is 0 Å². The minimum atomic E-state index is 0.625. The number of para-hydroxylation sites is 1. The Morgan fingerprint density at radius 2 is 2.00 bits per heavy atom. The normalized spacial score (nSPS) is 11.4. The van der Waals surface area contributed by atoms with E-state index in [1.165, 1.54) is 5.56 Å². The lowest BCUT2D eigenvalue weighted by atomic mass is 10.1. The number of rotatable bonds is 4. The molecule has 4 heterocycles. The first-order chi connectivity index (χ1) is 13.3. The highest BCUT2D eigenvalue weighted by molar-refractivity contribution is 5.86. The summed E-state index contributed by atoms with van der Waals surface area (Å²) in [5.41, 5.74) is 5.11.